The number of pyridine rings is 1. The van der Waals surface area contributed by atoms with E-state index in [-0.39, 0.29) is 6.79 Å². The van der Waals surface area contributed by atoms with Crippen LogP contribution in [0.5, 0.6) is 11.5 Å². The zero-order valence-corrected chi connectivity index (χ0v) is 15.6. The van der Waals surface area contributed by atoms with Gasteiger partial charge in [-0.05, 0) is 23.6 Å². The van der Waals surface area contributed by atoms with E-state index in [1.165, 1.54) is 0 Å². The van der Waals surface area contributed by atoms with Gasteiger partial charge in [0.15, 0.2) is 23.0 Å². The molecule has 4 heterocycles. The molecule has 2 aromatic carbocycles. The Bertz CT molecular complexity index is 1390. The van der Waals surface area contributed by atoms with Crippen LogP contribution in [0.2, 0.25) is 0 Å². The fraction of sp³-hybridized carbons (Fsp3) is 0.0476. The number of nitrogens with one attached hydrogen (secondary N) is 3. The van der Waals surface area contributed by atoms with Gasteiger partial charge in [-0.25, -0.2) is 9.97 Å². The van der Waals surface area contributed by atoms with Gasteiger partial charge in [-0.2, -0.15) is 9.97 Å². The van der Waals surface area contributed by atoms with Gasteiger partial charge < -0.3 is 25.1 Å². The maximum absolute atomic E-state index is 5.46. The molecule has 6 rings (SSSR count). The van der Waals surface area contributed by atoms with Crippen molar-refractivity contribution in [1.82, 2.24) is 24.9 Å². The van der Waals surface area contributed by atoms with Gasteiger partial charge in [0.1, 0.15) is 11.3 Å². The highest BCUT2D eigenvalue weighted by Gasteiger charge is 2.16. The number of nitrogens with zero attached hydrogens (tertiary/aromatic N) is 4. The summed E-state index contributed by atoms with van der Waals surface area (Å²) in [6.07, 6.45) is 3.34. The normalized spacial score (nSPS) is 12.4. The Hall–Kier alpha value is -4.40. The van der Waals surface area contributed by atoms with E-state index in [9.17, 15) is 0 Å². The third-order valence-corrected chi connectivity index (χ3v) is 4.82. The van der Waals surface area contributed by atoms with Crippen molar-refractivity contribution < 1.29 is 9.47 Å². The minimum Gasteiger partial charge on any atom is -0.454 e. The van der Waals surface area contributed by atoms with Gasteiger partial charge in [0.25, 0.3) is 0 Å². The van der Waals surface area contributed by atoms with Crippen molar-refractivity contribution in [3.8, 4) is 11.5 Å². The molecule has 9 nitrogen and oxygen atoms in total. The highest BCUT2D eigenvalue weighted by Crippen LogP contribution is 2.35. The molecule has 5 aromatic rings. The lowest BCUT2D eigenvalue weighted by atomic mass is 10.1. The molecule has 0 spiro atoms. The van der Waals surface area contributed by atoms with E-state index >= 15 is 0 Å². The molecule has 0 aliphatic carbocycles. The number of hydrogen-bond donors (Lipinski definition) is 3. The molecule has 0 unspecified atom stereocenters. The molecule has 0 atom stereocenters. The molecule has 0 amide bonds. The monoisotopic (exact) mass is 397 g/mol. The van der Waals surface area contributed by atoms with E-state index in [1.807, 2.05) is 48.5 Å². The lowest BCUT2D eigenvalue weighted by Gasteiger charge is -2.11. The van der Waals surface area contributed by atoms with Crippen LogP contribution < -0.4 is 20.1 Å². The Morgan fingerprint density at radius 2 is 1.80 bits per heavy atom. The van der Waals surface area contributed by atoms with Crippen LogP contribution in [-0.2, 0) is 0 Å². The number of imidazole rings is 1. The zero-order valence-electron chi connectivity index (χ0n) is 15.6. The van der Waals surface area contributed by atoms with Crippen LogP contribution in [-0.4, -0.2) is 31.7 Å². The van der Waals surface area contributed by atoms with E-state index in [2.05, 4.69) is 35.6 Å². The largest absolute Gasteiger partial charge is 0.454 e. The summed E-state index contributed by atoms with van der Waals surface area (Å²) < 4.78 is 10.8. The van der Waals surface area contributed by atoms with Gasteiger partial charge in [-0.1, -0.05) is 24.3 Å². The van der Waals surface area contributed by atoms with Gasteiger partial charge in [-0.15, -0.1) is 0 Å². The zero-order chi connectivity index (χ0) is 19.9. The maximum atomic E-state index is 5.46. The second kappa shape index (κ2) is 6.59. The molecule has 1 aliphatic heterocycles. The number of rotatable bonds is 4. The molecule has 0 fully saturated rings. The van der Waals surface area contributed by atoms with E-state index in [1.54, 1.807) is 12.5 Å². The summed E-state index contributed by atoms with van der Waals surface area (Å²) in [6, 6.07) is 15.6. The lowest BCUT2D eigenvalue weighted by Crippen LogP contribution is -2.03. The summed E-state index contributed by atoms with van der Waals surface area (Å²) in [4.78, 5) is 21.0. The van der Waals surface area contributed by atoms with Crippen LogP contribution in [0, 0.1) is 0 Å². The number of H-pyrrole nitrogens is 1. The number of aromatic amines is 1. The first-order valence-corrected chi connectivity index (χ1v) is 9.32. The topological polar surface area (TPSA) is 110 Å². The predicted molar refractivity (Wildman–Crippen MR) is 113 cm³/mol. The van der Waals surface area contributed by atoms with Crippen molar-refractivity contribution in [3.63, 3.8) is 0 Å². The van der Waals surface area contributed by atoms with Gasteiger partial charge in [0.2, 0.25) is 12.7 Å². The van der Waals surface area contributed by atoms with E-state index in [0.717, 1.165) is 22.2 Å². The third kappa shape index (κ3) is 2.80. The summed E-state index contributed by atoms with van der Waals surface area (Å²) in [7, 11) is 0. The molecule has 0 saturated carbocycles. The Kier molecular flexibility index (Phi) is 3.63. The number of anilines is 4. The molecule has 0 saturated heterocycles. The molecular weight excluding hydrogens is 382 g/mol. The summed E-state index contributed by atoms with van der Waals surface area (Å²) >= 11 is 0. The number of benzene rings is 2. The average Bonchev–Trinajstić information content (AvgIpc) is 3.43. The van der Waals surface area contributed by atoms with Gasteiger partial charge in [-0.3, -0.25) is 0 Å². The fourth-order valence-electron chi connectivity index (χ4n) is 3.42. The van der Waals surface area contributed by atoms with Crippen molar-refractivity contribution in [2.24, 2.45) is 0 Å². The van der Waals surface area contributed by atoms with Crippen molar-refractivity contribution >= 4 is 45.2 Å². The van der Waals surface area contributed by atoms with Gasteiger partial charge >= 0.3 is 0 Å². The Morgan fingerprint density at radius 3 is 2.80 bits per heavy atom. The second-order valence-corrected chi connectivity index (χ2v) is 6.70. The lowest BCUT2D eigenvalue weighted by molar-refractivity contribution is 0.174. The Labute approximate surface area is 170 Å². The summed E-state index contributed by atoms with van der Waals surface area (Å²) in [5.74, 6) is 3.06. The van der Waals surface area contributed by atoms with Crippen LogP contribution in [0.4, 0.5) is 23.3 Å². The van der Waals surface area contributed by atoms with Crippen molar-refractivity contribution in [2.75, 3.05) is 17.4 Å². The molecule has 0 radical (unpaired) electrons. The molecule has 146 valence electrons. The quantitative estimate of drug-likeness (QED) is 0.415. The minimum absolute atomic E-state index is 0.225. The number of hydrogen-bond acceptors (Lipinski definition) is 8. The van der Waals surface area contributed by atoms with Crippen LogP contribution in [0.15, 0.2) is 61.1 Å². The highest BCUT2D eigenvalue weighted by molar-refractivity contribution is 5.93. The molecule has 9 heteroatoms. The molecular formula is C21H15N7O2. The maximum Gasteiger partial charge on any atom is 0.232 e. The SMILES string of the molecule is c1ccc2c(Nc3nc(Nc4ccc5c(c4)OCO5)c4[nH]cnc4n3)nccc2c1. The Morgan fingerprint density at radius 1 is 0.867 bits per heavy atom. The second-order valence-electron chi connectivity index (χ2n) is 6.70. The average molecular weight is 397 g/mol. The van der Waals surface area contributed by atoms with Gasteiger partial charge in [0.05, 0.1) is 6.33 Å². The van der Waals surface area contributed by atoms with E-state index < -0.39 is 0 Å². The number of aromatic nitrogens is 5. The van der Waals surface area contributed by atoms with Crippen LogP contribution in [0.3, 0.4) is 0 Å². The number of ether oxygens (including phenoxy) is 2. The molecule has 3 N–H and O–H groups in total. The molecule has 30 heavy (non-hydrogen) atoms. The smallest absolute Gasteiger partial charge is 0.232 e. The number of fused-ring (bicyclic) bond motifs is 3. The Balaban J connectivity index is 1.39. The van der Waals surface area contributed by atoms with Crippen molar-refractivity contribution in [3.05, 3.63) is 61.1 Å². The highest BCUT2D eigenvalue weighted by atomic mass is 16.7. The van der Waals surface area contributed by atoms with E-state index in [4.69, 9.17) is 9.47 Å². The van der Waals surface area contributed by atoms with Crippen molar-refractivity contribution in [2.45, 2.75) is 0 Å². The summed E-state index contributed by atoms with van der Waals surface area (Å²) in [6.45, 7) is 0.225. The van der Waals surface area contributed by atoms with Crippen LogP contribution in [0.25, 0.3) is 21.9 Å². The minimum atomic E-state index is 0.225. The molecule has 3 aromatic heterocycles. The molecule has 0 bridgehead atoms. The summed E-state index contributed by atoms with van der Waals surface area (Å²) in [5, 5.41) is 8.59. The summed E-state index contributed by atoms with van der Waals surface area (Å²) in [5.41, 5.74) is 2.04. The van der Waals surface area contributed by atoms with Crippen LogP contribution >= 0.6 is 0 Å². The first kappa shape index (κ1) is 16.5. The third-order valence-electron chi connectivity index (χ3n) is 4.82. The molecule has 1 aliphatic rings. The van der Waals surface area contributed by atoms with Crippen molar-refractivity contribution in [1.29, 1.82) is 0 Å². The fourth-order valence-corrected chi connectivity index (χ4v) is 3.42. The first-order chi connectivity index (χ1) is 14.8. The first-order valence-electron chi connectivity index (χ1n) is 9.32. The van der Waals surface area contributed by atoms with E-state index in [0.29, 0.717) is 34.5 Å². The van der Waals surface area contributed by atoms with Gasteiger partial charge in [0, 0.05) is 23.3 Å². The standard InChI is InChI=1S/C21H15N7O2/c1-2-4-14-12(3-1)7-8-22-18(14)26-21-27-19-17(23-10-24-19)20(28-21)25-13-5-6-15-16(9-13)30-11-29-15/h1-10H,11H2,(H3,22,23,24,25,26,27,28). The predicted octanol–water partition coefficient (Wildman–Crippen LogP) is 4.12. The van der Waals surface area contributed by atoms with Crippen LogP contribution in [0.1, 0.15) is 0 Å².